The number of nitrogens with one attached hydrogen (secondary N) is 3. The van der Waals surface area contributed by atoms with Crippen LogP contribution < -0.4 is 20.7 Å². The van der Waals surface area contributed by atoms with Crippen molar-refractivity contribution in [3.63, 3.8) is 0 Å². The lowest BCUT2D eigenvalue weighted by molar-refractivity contribution is 0.0529. The number of carbonyl (C=O) groups is 1. The van der Waals surface area contributed by atoms with Crippen molar-refractivity contribution in [1.82, 2.24) is 10.6 Å². The Hall–Kier alpha value is -2.02. The van der Waals surface area contributed by atoms with Gasteiger partial charge in [0.2, 0.25) is 0 Å². The lowest BCUT2D eigenvalue weighted by Gasteiger charge is -2.19. The number of carbonyl (C=O) groups excluding carboxylic acids is 1. The SMILES string of the molecule is CC(C)COc1ccc(NC(=S)NCCNC(=O)OC(C)(C)C)cc1. The van der Waals surface area contributed by atoms with Crippen LogP contribution in [0.2, 0.25) is 0 Å². The summed E-state index contributed by atoms with van der Waals surface area (Å²) in [6, 6.07) is 7.61. The molecule has 0 heterocycles. The summed E-state index contributed by atoms with van der Waals surface area (Å²) in [6.07, 6.45) is -0.440. The number of alkyl carbamates (subject to hydrolysis) is 1. The van der Waals surface area contributed by atoms with Crippen molar-refractivity contribution in [1.29, 1.82) is 0 Å². The number of rotatable bonds is 7. The molecule has 0 aliphatic carbocycles. The topological polar surface area (TPSA) is 71.6 Å². The normalized spacial score (nSPS) is 11.0. The number of ether oxygens (including phenoxy) is 2. The second kappa shape index (κ2) is 10.1. The Kier molecular flexibility index (Phi) is 8.48. The predicted octanol–water partition coefficient (Wildman–Crippen LogP) is 3.53. The zero-order valence-corrected chi connectivity index (χ0v) is 16.5. The first kappa shape index (κ1) is 21.0. The van der Waals surface area contributed by atoms with Gasteiger partial charge in [0.1, 0.15) is 11.4 Å². The zero-order chi connectivity index (χ0) is 18.9. The van der Waals surface area contributed by atoms with Gasteiger partial charge in [-0.3, -0.25) is 0 Å². The molecule has 0 aromatic heterocycles. The van der Waals surface area contributed by atoms with Gasteiger partial charge < -0.3 is 25.4 Å². The van der Waals surface area contributed by atoms with E-state index in [9.17, 15) is 4.79 Å². The van der Waals surface area contributed by atoms with Gasteiger partial charge in [0.25, 0.3) is 0 Å². The number of anilines is 1. The molecule has 0 saturated heterocycles. The van der Waals surface area contributed by atoms with Gasteiger partial charge in [-0.2, -0.15) is 0 Å². The molecule has 1 aromatic carbocycles. The number of benzene rings is 1. The van der Waals surface area contributed by atoms with E-state index < -0.39 is 11.7 Å². The third kappa shape index (κ3) is 10.4. The first-order chi connectivity index (χ1) is 11.7. The quantitative estimate of drug-likeness (QED) is 0.506. The minimum Gasteiger partial charge on any atom is -0.493 e. The second-order valence-electron chi connectivity index (χ2n) is 7.04. The van der Waals surface area contributed by atoms with E-state index in [-0.39, 0.29) is 0 Å². The third-order valence-corrected chi connectivity index (χ3v) is 3.02. The monoisotopic (exact) mass is 367 g/mol. The molecule has 0 atom stereocenters. The van der Waals surface area contributed by atoms with Gasteiger partial charge in [0.05, 0.1) is 6.61 Å². The van der Waals surface area contributed by atoms with Crippen LogP contribution in [0.15, 0.2) is 24.3 Å². The molecule has 0 aliphatic rings. The van der Waals surface area contributed by atoms with Crippen LogP contribution >= 0.6 is 12.2 Å². The first-order valence-corrected chi connectivity index (χ1v) is 8.81. The van der Waals surface area contributed by atoms with Gasteiger partial charge in [-0.1, -0.05) is 13.8 Å². The van der Waals surface area contributed by atoms with E-state index in [1.807, 2.05) is 45.0 Å². The Morgan fingerprint density at radius 1 is 1.12 bits per heavy atom. The fraction of sp³-hybridized carbons (Fsp3) is 0.556. The summed E-state index contributed by atoms with van der Waals surface area (Å²) in [5, 5.41) is 9.25. The highest BCUT2D eigenvalue weighted by Gasteiger charge is 2.15. The summed E-state index contributed by atoms with van der Waals surface area (Å²) in [4.78, 5) is 11.5. The van der Waals surface area contributed by atoms with Crippen molar-refractivity contribution in [3.8, 4) is 5.75 Å². The maximum absolute atomic E-state index is 11.5. The molecule has 140 valence electrons. The molecule has 7 heteroatoms. The second-order valence-corrected chi connectivity index (χ2v) is 7.45. The van der Waals surface area contributed by atoms with Crippen LogP contribution in [0.4, 0.5) is 10.5 Å². The zero-order valence-electron chi connectivity index (χ0n) is 15.6. The van der Waals surface area contributed by atoms with Crippen molar-refractivity contribution in [2.24, 2.45) is 5.92 Å². The van der Waals surface area contributed by atoms with Crippen molar-refractivity contribution < 1.29 is 14.3 Å². The van der Waals surface area contributed by atoms with Crippen LogP contribution in [0.5, 0.6) is 5.75 Å². The van der Waals surface area contributed by atoms with E-state index in [1.165, 1.54) is 0 Å². The Morgan fingerprint density at radius 3 is 2.28 bits per heavy atom. The minimum absolute atomic E-state index is 0.415. The molecule has 1 aromatic rings. The molecule has 0 bridgehead atoms. The summed E-state index contributed by atoms with van der Waals surface area (Å²) >= 11 is 5.22. The number of hydrogen-bond donors (Lipinski definition) is 3. The van der Waals surface area contributed by atoms with Gasteiger partial charge in [0, 0.05) is 18.8 Å². The number of thiocarbonyl (C=S) groups is 1. The van der Waals surface area contributed by atoms with E-state index in [4.69, 9.17) is 21.7 Å². The maximum atomic E-state index is 11.5. The van der Waals surface area contributed by atoms with Gasteiger partial charge in [-0.05, 0) is 63.2 Å². The molecule has 0 radical (unpaired) electrons. The molecule has 0 spiro atoms. The highest BCUT2D eigenvalue weighted by atomic mass is 32.1. The minimum atomic E-state index is -0.501. The summed E-state index contributed by atoms with van der Waals surface area (Å²) < 4.78 is 10.8. The lowest BCUT2D eigenvalue weighted by Crippen LogP contribution is -2.39. The van der Waals surface area contributed by atoms with Crippen LogP contribution in [0.1, 0.15) is 34.6 Å². The molecule has 25 heavy (non-hydrogen) atoms. The van der Waals surface area contributed by atoms with Crippen molar-refractivity contribution in [2.45, 2.75) is 40.2 Å². The molecule has 6 nitrogen and oxygen atoms in total. The van der Waals surface area contributed by atoms with Crippen LogP contribution in [0.25, 0.3) is 0 Å². The van der Waals surface area contributed by atoms with Crippen molar-refractivity contribution >= 4 is 29.1 Å². The first-order valence-electron chi connectivity index (χ1n) is 8.40. The predicted molar refractivity (Wildman–Crippen MR) is 105 cm³/mol. The Balaban J connectivity index is 2.25. The highest BCUT2D eigenvalue weighted by molar-refractivity contribution is 7.80. The maximum Gasteiger partial charge on any atom is 0.407 e. The van der Waals surface area contributed by atoms with Gasteiger partial charge in [-0.25, -0.2) is 4.79 Å². The van der Waals surface area contributed by atoms with Gasteiger partial charge in [0.15, 0.2) is 5.11 Å². The highest BCUT2D eigenvalue weighted by Crippen LogP contribution is 2.16. The molecule has 1 amide bonds. The van der Waals surface area contributed by atoms with Crippen LogP contribution in [-0.4, -0.2) is 36.5 Å². The summed E-state index contributed by atoms with van der Waals surface area (Å²) in [7, 11) is 0. The smallest absolute Gasteiger partial charge is 0.407 e. The van der Waals surface area contributed by atoms with E-state index in [1.54, 1.807) is 0 Å². The Morgan fingerprint density at radius 2 is 1.72 bits per heavy atom. The van der Waals surface area contributed by atoms with E-state index in [0.717, 1.165) is 11.4 Å². The standard InChI is InChI=1S/C18H29N3O3S/c1-13(2)12-23-15-8-6-14(7-9-15)21-16(25)19-10-11-20-17(22)24-18(3,4)5/h6-9,13H,10-12H2,1-5H3,(H,20,22)(H2,19,21,25). The number of amides is 1. The van der Waals surface area contributed by atoms with Crippen LogP contribution in [0.3, 0.4) is 0 Å². The molecule has 0 saturated carbocycles. The average Bonchev–Trinajstić information content (AvgIpc) is 2.49. The van der Waals surface area contributed by atoms with Crippen LogP contribution in [-0.2, 0) is 4.74 Å². The summed E-state index contributed by atoms with van der Waals surface area (Å²) in [6.45, 7) is 11.3. The molecule has 0 unspecified atom stereocenters. The largest absolute Gasteiger partial charge is 0.493 e. The number of hydrogen-bond acceptors (Lipinski definition) is 4. The molecule has 0 fully saturated rings. The fourth-order valence-corrected chi connectivity index (χ4v) is 1.95. The van der Waals surface area contributed by atoms with Gasteiger partial charge in [-0.15, -0.1) is 0 Å². The molecular weight excluding hydrogens is 338 g/mol. The third-order valence-electron chi connectivity index (χ3n) is 2.77. The molecule has 1 rings (SSSR count). The van der Waals surface area contributed by atoms with E-state index in [0.29, 0.717) is 30.7 Å². The van der Waals surface area contributed by atoms with E-state index in [2.05, 4.69) is 29.8 Å². The lowest BCUT2D eigenvalue weighted by atomic mass is 10.2. The van der Waals surface area contributed by atoms with Crippen molar-refractivity contribution in [2.75, 3.05) is 25.0 Å². The van der Waals surface area contributed by atoms with Gasteiger partial charge >= 0.3 is 6.09 Å². The van der Waals surface area contributed by atoms with Crippen LogP contribution in [0, 0.1) is 5.92 Å². The molecule has 0 aliphatic heterocycles. The van der Waals surface area contributed by atoms with Crippen molar-refractivity contribution in [3.05, 3.63) is 24.3 Å². The fourth-order valence-electron chi connectivity index (χ4n) is 1.73. The summed E-state index contributed by atoms with van der Waals surface area (Å²) in [5.74, 6) is 1.32. The Labute approximate surface area is 155 Å². The summed E-state index contributed by atoms with van der Waals surface area (Å²) in [5.41, 5.74) is 0.369. The molecule has 3 N–H and O–H groups in total. The molecular formula is C18H29N3O3S. The van der Waals surface area contributed by atoms with E-state index >= 15 is 0 Å². The Bertz CT molecular complexity index is 554. The average molecular weight is 368 g/mol.